The highest BCUT2D eigenvalue weighted by Crippen LogP contribution is 2.18. The van der Waals surface area contributed by atoms with Crippen LogP contribution in [0.4, 0.5) is 0 Å². The number of hydrogen-bond donors (Lipinski definition) is 1. The van der Waals surface area contributed by atoms with Crippen LogP contribution in [-0.4, -0.2) is 44.2 Å². The number of nitrogens with zero attached hydrogens (tertiary/aromatic N) is 1. The number of rotatable bonds is 6. The molecule has 0 bridgehead atoms. The summed E-state index contributed by atoms with van der Waals surface area (Å²) in [6.45, 7) is 8.74. The predicted octanol–water partition coefficient (Wildman–Crippen LogP) is 1.83. The predicted molar refractivity (Wildman–Crippen MR) is 76.1 cm³/mol. The molecule has 0 amide bonds. The Hall–Kier alpha value is -0.130. The topological polar surface area (TPSA) is 49.4 Å². The van der Waals surface area contributed by atoms with Crippen molar-refractivity contribution in [2.24, 2.45) is 5.92 Å². The molecular weight excluding hydrogens is 248 g/mol. The molecule has 4 nitrogen and oxygen atoms in total. The minimum absolute atomic E-state index is 0.134. The third kappa shape index (κ3) is 4.86. The minimum atomic E-state index is -3.07. The van der Waals surface area contributed by atoms with Crippen LogP contribution in [0, 0.1) is 5.92 Å². The Morgan fingerprint density at radius 3 is 2.72 bits per heavy atom. The molecule has 0 aromatic carbocycles. The van der Waals surface area contributed by atoms with Crippen LogP contribution in [0.1, 0.15) is 46.5 Å². The van der Waals surface area contributed by atoms with Gasteiger partial charge in [-0.05, 0) is 31.7 Å². The number of nitrogens with one attached hydrogen (secondary N) is 1. The first-order valence-electron chi connectivity index (χ1n) is 7.17. The number of hydrogen-bond acceptors (Lipinski definition) is 3. The molecule has 1 rings (SSSR count). The van der Waals surface area contributed by atoms with E-state index in [0.29, 0.717) is 18.2 Å². The molecule has 1 aliphatic rings. The first-order chi connectivity index (χ1) is 8.47. The van der Waals surface area contributed by atoms with Crippen LogP contribution in [-0.2, 0) is 10.0 Å². The van der Waals surface area contributed by atoms with E-state index < -0.39 is 10.0 Å². The van der Waals surface area contributed by atoms with Gasteiger partial charge < -0.3 is 5.32 Å². The summed E-state index contributed by atoms with van der Waals surface area (Å²) in [5.41, 5.74) is 0. The Bertz CT molecular complexity index is 328. The van der Waals surface area contributed by atoms with Gasteiger partial charge in [0, 0.05) is 19.1 Å². The zero-order chi connectivity index (χ0) is 13.6. The van der Waals surface area contributed by atoms with E-state index in [9.17, 15) is 8.42 Å². The summed E-state index contributed by atoms with van der Waals surface area (Å²) >= 11 is 0. The fraction of sp³-hybridized carbons (Fsp3) is 1.00. The highest BCUT2D eigenvalue weighted by atomic mass is 32.2. The smallest absolute Gasteiger partial charge is 0.214 e. The Morgan fingerprint density at radius 2 is 2.11 bits per heavy atom. The molecule has 1 saturated heterocycles. The van der Waals surface area contributed by atoms with Crippen LogP contribution >= 0.6 is 0 Å². The SMILES string of the molecule is CCCCS(=O)(=O)N1CCCNCC1CC(C)C. The van der Waals surface area contributed by atoms with Crippen LogP contribution in [0.15, 0.2) is 0 Å². The fourth-order valence-corrected chi connectivity index (χ4v) is 4.38. The lowest BCUT2D eigenvalue weighted by Crippen LogP contribution is -2.45. The maximum absolute atomic E-state index is 12.4. The van der Waals surface area contributed by atoms with Gasteiger partial charge in [0.25, 0.3) is 0 Å². The van der Waals surface area contributed by atoms with Crippen molar-refractivity contribution in [2.75, 3.05) is 25.4 Å². The van der Waals surface area contributed by atoms with Gasteiger partial charge in [0.1, 0.15) is 0 Å². The van der Waals surface area contributed by atoms with Gasteiger partial charge in [-0.15, -0.1) is 0 Å². The van der Waals surface area contributed by atoms with E-state index in [4.69, 9.17) is 0 Å². The molecule has 1 fully saturated rings. The third-order valence-corrected chi connectivity index (χ3v) is 5.38. The highest BCUT2D eigenvalue weighted by Gasteiger charge is 2.30. The van der Waals surface area contributed by atoms with Gasteiger partial charge in [-0.25, -0.2) is 8.42 Å². The van der Waals surface area contributed by atoms with Crippen molar-refractivity contribution in [3.8, 4) is 0 Å². The summed E-state index contributed by atoms with van der Waals surface area (Å²) in [5, 5.41) is 3.35. The van der Waals surface area contributed by atoms with Crippen molar-refractivity contribution in [3.63, 3.8) is 0 Å². The molecule has 1 aliphatic heterocycles. The van der Waals surface area contributed by atoms with Crippen LogP contribution in [0.3, 0.4) is 0 Å². The number of sulfonamides is 1. The van der Waals surface area contributed by atoms with Gasteiger partial charge >= 0.3 is 0 Å². The second-order valence-electron chi connectivity index (χ2n) is 5.62. The van der Waals surface area contributed by atoms with Gasteiger partial charge in [0.05, 0.1) is 5.75 Å². The van der Waals surface area contributed by atoms with Gasteiger partial charge in [0.2, 0.25) is 10.0 Å². The maximum atomic E-state index is 12.4. The van der Waals surface area contributed by atoms with E-state index >= 15 is 0 Å². The molecule has 108 valence electrons. The lowest BCUT2D eigenvalue weighted by atomic mass is 10.0. The fourth-order valence-electron chi connectivity index (χ4n) is 2.47. The first-order valence-corrected chi connectivity index (χ1v) is 8.78. The van der Waals surface area contributed by atoms with Gasteiger partial charge in [0.15, 0.2) is 0 Å². The summed E-state index contributed by atoms with van der Waals surface area (Å²) < 4.78 is 26.5. The van der Waals surface area contributed by atoms with Crippen LogP contribution < -0.4 is 5.32 Å². The Balaban J connectivity index is 2.77. The first kappa shape index (κ1) is 15.9. The maximum Gasteiger partial charge on any atom is 0.214 e. The van der Waals surface area contributed by atoms with E-state index in [1.807, 2.05) is 6.92 Å². The lowest BCUT2D eigenvalue weighted by Gasteiger charge is -2.30. The van der Waals surface area contributed by atoms with Crippen LogP contribution in [0.2, 0.25) is 0 Å². The summed E-state index contributed by atoms with van der Waals surface area (Å²) in [6, 6.07) is 0.134. The van der Waals surface area contributed by atoms with E-state index in [1.165, 1.54) is 0 Å². The van der Waals surface area contributed by atoms with Crippen molar-refractivity contribution < 1.29 is 8.42 Å². The quantitative estimate of drug-likeness (QED) is 0.805. The molecule has 1 N–H and O–H groups in total. The average molecular weight is 276 g/mol. The summed E-state index contributed by atoms with van der Waals surface area (Å²) in [4.78, 5) is 0. The Kier molecular flexibility index (Phi) is 6.60. The molecule has 1 atom stereocenters. The lowest BCUT2D eigenvalue weighted by molar-refractivity contribution is 0.293. The second-order valence-corrected chi connectivity index (χ2v) is 7.66. The van der Waals surface area contributed by atoms with E-state index in [0.717, 1.165) is 38.8 Å². The molecule has 1 unspecified atom stereocenters. The monoisotopic (exact) mass is 276 g/mol. The van der Waals surface area contributed by atoms with E-state index in [-0.39, 0.29) is 6.04 Å². The van der Waals surface area contributed by atoms with Gasteiger partial charge in [-0.1, -0.05) is 27.2 Å². The molecular formula is C13H28N2O2S. The Morgan fingerprint density at radius 1 is 1.39 bits per heavy atom. The zero-order valence-corrected chi connectivity index (χ0v) is 12.8. The highest BCUT2D eigenvalue weighted by molar-refractivity contribution is 7.89. The third-order valence-electron chi connectivity index (χ3n) is 3.38. The van der Waals surface area contributed by atoms with Crippen molar-refractivity contribution >= 4 is 10.0 Å². The van der Waals surface area contributed by atoms with Crippen molar-refractivity contribution in [1.82, 2.24) is 9.62 Å². The van der Waals surface area contributed by atoms with Crippen LogP contribution in [0.25, 0.3) is 0 Å². The average Bonchev–Trinajstić information content (AvgIpc) is 2.51. The van der Waals surface area contributed by atoms with E-state index in [1.54, 1.807) is 4.31 Å². The largest absolute Gasteiger partial charge is 0.315 e. The van der Waals surface area contributed by atoms with Gasteiger partial charge in [-0.2, -0.15) is 4.31 Å². The summed E-state index contributed by atoms with van der Waals surface area (Å²) in [7, 11) is -3.07. The molecule has 0 aliphatic carbocycles. The van der Waals surface area contributed by atoms with Crippen molar-refractivity contribution in [2.45, 2.75) is 52.5 Å². The minimum Gasteiger partial charge on any atom is -0.315 e. The Labute approximate surface area is 112 Å². The molecule has 0 saturated carbocycles. The van der Waals surface area contributed by atoms with E-state index in [2.05, 4.69) is 19.2 Å². The zero-order valence-electron chi connectivity index (χ0n) is 12.0. The normalized spacial score (nSPS) is 23.2. The van der Waals surface area contributed by atoms with Crippen molar-refractivity contribution in [3.05, 3.63) is 0 Å². The van der Waals surface area contributed by atoms with Crippen LogP contribution in [0.5, 0.6) is 0 Å². The molecule has 18 heavy (non-hydrogen) atoms. The second kappa shape index (κ2) is 7.46. The van der Waals surface area contributed by atoms with Gasteiger partial charge in [-0.3, -0.25) is 0 Å². The van der Waals surface area contributed by atoms with Crippen molar-refractivity contribution in [1.29, 1.82) is 0 Å². The summed E-state index contributed by atoms with van der Waals surface area (Å²) in [6.07, 6.45) is 3.55. The number of unbranched alkanes of at least 4 members (excludes halogenated alkanes) is 1. The molecule has 1 heterocycles. The molecule has 5 heteroatoms. The molecule has 0 radical (unpaired) electrons. The summed E-state index contributed by atoms with van der Waals surface area (Å²) in [5.74, 6) is 0.830. The molecule has 0 aromatic heterocycles. The standard InChI is InChI=1S/C13H28N2O2S/c1-4-5-9-18(16,17)15-8-6-7-14-11-13(15)10-12(2)3/h12-14H,4-11H2,1-3H3. The molecule has 0 aromatic rings. The molecule has 0 spiro atoms.